The summed E-state index contributed by atoms with van der Waals surface area (Å²) in [6, 6.07) is 11.8. The lowest BCUT2D eigenvalue weighted by Crippen LogP contribution is -2.43. The molecule has 0 fully saturated rings. The molecule has 2 amide bonds. The van der Waals surface area contributed by atoms with Crippen molar-refractivity contribution in [3.05, 3.63) is 53.1 Å². The molecule has 0 heterocycles. The summed E-state index contributed by atoms with van der Waals surface area (Å²) in [5.74, 6) is -0.394. The minimum Gasteiger partial charge on any atom is -0.493 e. The molecule has 10 heteroatoms. The van der Waals surface area contributed by atoms with Crippen LogP contribution in [0.1, 0.15) is 16.8 Å². The van der Waals surface area contributed by atoms with Gasteiger partial charge in [-0.05, 0) is 42.5 Å². The number of rotatable bonds is 9. The number of benzene rings is 2. The van der Waals surface area contributed by atoms with Crippen LogP contribution >= 0.6 is 23.4 Å². The zero-order chi connectivity index (χ0) is 21.9. The quantitative estimate of drug-likeness (QED) is 0.342. The molecule has 2 aromatic carbocycles. The van der Waals surface area contributed by atoms with Crippen molar-refractivity contribution in [2.45, 2.75) is 11.3 Å². The summed E-state index contributed by atoms with van der Waals surface area (Å²) >= 11 is 7.29. The number of ether oxygens (including phenoxy) is 3. The molecule has 0 bridgehead atoms. The van der Waals surface area contributed by atoms with Crippen LogP contribution in [0.3, 0.4) is 0 Å². The summed E-state index contributed by atoms with van der Waals surface area (Å²) in [6.45, 7) is -0.503. The lowest BCUT2D eigenvalue weighted by Gasteiger charge is -2.11. The Morgan fingerprint density at radius 3 is 2.33 bits per heavy atom. The third kappa shape index (κ3) is 7.49. The van der Waals surface area contributed by atoms with Gasteiger partial charge in [0.2, 0.25) is 0 Å². The van der Waals surface area contributed by atoms with Crippen LogP contribution in [0.15, 0.2) is 47.4 Å². The second-order valence-electron chi connectivity index (χ2n) is 5.79. The van der Waals surface area contributed by atoms with E-state index in [1.54, 1.807) is 18.2 Å². The van der Waals surface area contributed by atoms with Crippen LogP contribution < -0.4 is 20.3 Å². The maximum atomic E-state index is 12.1. The summed E-state index contributed by atoms with van der Waals surface area (Å²) in [5.41, 5.74) is 4.68. The zero-order valence-electron chi connectivity index (χ0n) is 16.4. The number of carbonyl (C=O) groups is 3. The lowest BCUT2D eigenvalue weighted by atomic mass is 10.2. The van der Waals surface area contributed by atoms with Crippen LogP contribution in [0, 0.1) is 0 Å². The smallest absolute Gasteiger partial charge is 0.307 e. The fourth-order valence-corrected chi connectivity index (χ4v) is 3.17. The predicted molar refractivity (Wildman–Crippen MR) is 113 cm³/mol. The van der Waals surface area contributed by atoms with E-state index in [9.17, 15) is 14.4 Å². The predicted octanol–water partition coefficient (Wildman–Crippen LogP) is 2.84. The van der Waals surface area contributed by atoms with E-state index in [0.717, 1.165) is 4.90 Å². The number of hydrazine groups is 1. The van der Waals surface area contributed by atoms with Crippen molar-refractivity contribution in [3.8, 4) is 11.5 Å². The Hall–Kier alpha value is -2.91. The number of hydrogen-bond donors (Lipinski definition) is 2. The highest BCUT2D eigenvalue weighted by Crippen LogP contribution is 2.27. The molecule has 0 saturated heterocycles. The van der Waals surface area contributed by atoms with Gasteiger partial charge in [-0.15, -0.1) is 11.8 Å². The molecule has 0 atom stereocenters. The molecule has 0 saturated carbocycles. The summed E-state index contributed by atoms with van der Waals surface area (Å²) < 4.78 is 15.1. The van der Waals surface area contributed by atoms with Gasteiger partial charge < -0.3 is 14.2 Å². The number of halogens is 1. The number of nitrogens with one attached hydrogen (secondary N) is 2. The average molecular weight is 453 g/mol. The van der Waals surface area contributed by atoms with E-state index < -0.39 is 24.4 Å². The second kappa shape index (κ2) is 11.9. The van der Waals surface area contributed by atoms with Crippen molar-refractivity contribution in [1.29, 1.82) is 0 Å². The standard InChI is InChI=1S/C20H21ClN2O6S/c1-27-16-8-3-13(11-17(16)28-2)20(26)23-22-18(24)12-29-19(25)9-10-30-15-6-4-14(21)5-7-15/h3-8,11H,9-10,12H2,1-2H3,(H,22,24)(H,23,26). The molecule has 0 aliphatic rings. The first-order valence-corrected chi connectivity index (χ1v) is 10.1. The topological polar surface area (TPSA) is 103 Å². The van der Waals surface area contributed by atoms with Gasteiger partial charge in [-0.3, -0.25) is 25.2 Å². The Balaban J connectivity index is 1.68. The largest absolute Gasteiger partial charge is 0.493 e. The van der Waals surface area contributed by atoms with Crippen LogP contribution in [-0.2, 0) is 14.3 Å². The van der Waals surface area contributed by atoms with Gasteiger partial charge in [-0.25, -0.2) is 0 Å². The molecular formula is C20H21ClN2O6S. The molecule has 2 aromatic rings. The first-order valence-electron chi connectivity index (χ1n) is 8.78. The van der Waals surface area contributed by atoms with Crippen LogP contribution in [-0.4, -0.2) is 44.4 Å². The molecule has 0 aliphatic heterocycles. The molecule has 30 heavy (non-hydrogen) atoms. The van der Waals surface area contributed by atoms with Crippen molar-refractivity contribution >= 4 is 41.1 Å². The van der Waals surface area contributed by atoms with Gasteiger partial charge in [0.1, 0.15) is 0 Å². The highest BCUT2D eigenvalue weighted by Gasteiger charge is 2.13. The molecule has 0 unspecified atom stereocenters. The summed E-state index contributed by atoms with van der Waals surface area (Å²) in [4.78, 5) is 36.6. The van der Waals surface area contributed by atoms with E-state index in [-0.39, 0.29) is 12.0 Å². The van der Waals surface area contributed by atoms with Gasteiger partial charge in [0.05, 0.1) is 20.6 Å². The third-order valence-electron chi connectivity index (χ3n) is 3.71. The van der Waals surface area contributed by atoms with E-state index in [4.69, 9.17) is 25.8 Å². The number of thioether (sulfide) groups is 1. The van der Waals surface area contributed by atoms with Crippen molar-refractivity contribution in [2.24, 2.45) is 0 Å². The Bertz CT molecular complexity index is 891. The summed E-state index contributed by atoms with van der Waals surface area (Å²) in [6.07, 6.45) is 0.137. The van der Waals surface area contributed by atoms with Crippen molar-refractivity contribution in [1.82, 2.24) is 10.9 Å². The molecule has 160 valence electrons. The van der Waals surface area contributed by atoms with Crippen LogP contribution in [0.25, 0.3) is 0 Å². The first kappa shape index (κ1) is 23.4. The molecule has 8 nitrogen and oxygen atoms in total. The first-order chi connectivity index (χ1) is 14.4. The van der Waals surface area contributed by atoms with Gasteiger partial charge in [0, 0.05) is 21.2 Å². The molecule has 0 aliphatic carbocycles. The molecule has 2 rings (SSSR count). The Labute approximate surface area is 183 Å². The molecule has 0 aromatic heterocycles. The maximum absolute atomic E-state index is 12.1. The van der Waals surface area contributed by atoms with E-state index in [1.807, 2.05) is 12.1 Å². The third-order valence-corrected chi connectivity index (χ3v) is 4.98. The highest BCUT2D eigenvalue weighted by atomic mass is 35.5. The second-order valence-corrected chi connectivity index (χ2v) is 7.39. The molecule has 0 spiro atoms. The monoisotopic (exact) mass is 452 g/mol. The fraction of sp³-hybridized carbons (Fsp3) is 0.250. The number of amides is 2. The number of hydrogen-bond acceptors (Lipinski definition) is 7. The number of esters is 1. The minimum atomic E-state index is -0.664. The van der Waals surface area contributed by atoms with Gasteiger partial charge in [0.25, 0.3) is 11.8 Å². The van der Waals surface area contributed by atoms with E-state index in [2.05, 4.69) is 10.9 Å². The van der Waals surface area contributed by atoms with Gasteiger partial charge in [-0.1, -0.05) is 11.6 Å². The van der Waals surface area contributed by atoms with E-state index in [0.29, 0.717) is 22.3 Å². The van der Waals surface area contributed by atoms with E-state index in [1.165, 1.54) is 38.1 Å². The van der Waals surface area contributed by atoms with Crippen molar-refractivity contribution < 1.29 is 28.6 Å². The van der Waals surface area contributed by atoms with Crippen molar-refractivity contribution in [2.75, 3.05) is 26.6 Å². The van der Waals surface area contributed by atoms with Gasteiger partial charge >= 0.3 is 5.97 Å². The van der Waals surface area contributed by atoms with Crippen LogP contribution in [0.2, 0.25) is 5.02 Å². The SMILES string of the molecule is COc1ccc(C(=O)NNC(=O)COC(=O)CCSc2ccc(Cl)cc2)cc1OC. The minimum absolute atomic E-state index is 0.137. The Morgan fingerprint density at radius 2 is 1.67 bits per heavy atom. The van der Waals surface area contributed by atoms with Crippen LogP contribution in [0.4, 0.5) is 0 Å². The Morgan fingerprint density at radius 1 is 0.967 bits per heavy atom. The normalized spacial score (nSPS) is 10.1. The number of carbonyl (C=O) groups excluding carboxylic acids is 3. The zero-order valence-corrected chi connectivity index (χ0v) is 18.0. The lowest BCUT2D eigenvalue weighted by molar-refractivity contribution is -0.148. The average Bonchev–Trinajstić information content (AvgIpc) is 2.76. The van der Waals surface area contributed by atoms with E-state index >= 15 is 0 Å². The van der Waals surface area contributed by atoms with Gasteiger partial charge in [-0.2, -0.15) is 0 Å². The number of methoxy groups -OCH3 is 2. The van der Waals surface area contributed by atoms with Crippen LogP contribution in [0.5, 0.6) is 11.5 Å². The Kier molecular flexibility index (Phi) is 9.30. The molecule has 2 N–H and O–H groups in total. The maximum Gasteiger partial charge on any atom is 0.307 e. The summed E-state index contributed by atoms with van der Waals surface area (Å²) in [7, 11) is 2.93. The summed E-state index contributed by atoms with van der Waals surface area (Å²) in [5, 5.41) is 0.642. The van der Waals surface area contributed by atoms with Crippen molar-refractivity contribution in [3.63, 3.8) is 0 Å². The molecule has 0 radical (unpaired) electrons. The van der Waals surface area contributed by atoms with Gasteiger partial charge in [0.15, 0.2) is 18.1 Å². The highest BCUT2D eigenvalue weighted by molar-refractivity contribution is 7.99. The molecular weight excluding hydrogens is 432 g/mol. The fourth-order valence-electron chi connectivity index (χ4n) is 2.21.